The lowest BCUT2D eigenvalue weighted by Gasteiger charge is -2.32. The molecule has 0 aliphatic carbocycles. The smallest absolute Gasteiger partial charge is 0.131 e. The van der Waals surface area contributed by atoms with Gasteiger partial charge in [0.05, 0.1) is 7.11 Å². The maximum Gasteiger partial charge on any atom is 0.131 e. The third-order valence-corrected chi connectivity index (χ3v) is 9.90. The predicted molar refractivity (Wildman–Crippen MR) is 187 cm³/mol. The van der Waals surface area contributed by atoms with Gasteiger partial charge in [0.25, 0.3) is 0 Å². The van der Waals surface area contributed by atoms with Gasteiger partial charge < -0.3 is 24.0 Å². The molecule has 0 aliphatic heterocycles. The van der Waals surface area contributed by atoms with E-state index in [-0.39, 0.29) is 10.8 Å². The summed E-state index contributed by atoms with van der Waals surface area (Å²) in [6.45, 7) is 20.9. The van der Waals surface area contributed by atoms with Gasteiger partial charge in [-0.05, 0) is 90.1 Å². The number of benzene rings is 3. The Labute approximate surface area is 263 Å². The average Bonchev–Trinajstić information content (AvgIpc) is 2.89. The van der Waals surface area contributed by atoms with Crippen molar-refractivity contribution >= 4 is 23.8 Å². The van der Waals surface area contributed by atoms with E-state index in [1.807, 2.05) is 6.07 Å². The van der Waals surface area contributed by atoms with Crippen molar-refractivity contribution < 1.29 is 14.2 Å². The summed E-state index contributed by atoms with van der Waals surface area (Å²) in [5.74, 6) is 2.84. The second kappa shape index (κ2) is 14.5. The van der Waals surface area contributed by atoms with Crippen molar-refractivity contribution in [2.24, 2.45) is 0 Å². The minimum Gasteiger partial charge on any atom is -0.496 e. The highest BCUT2D eigenvalue weighted by molar-refractivity contribution is 7.80. The van der Waals surface area contributed by atoms with Crippen LogP contribution < -0.4 is 30.1 Å². The van der Waals surface area contributed by atoms with E-state index in [1.54, 1.807) is 7.11 Å². The molecule has 0 saturated carbocycles. The molecule has 6 heteroatoms. The number of hydrogen-bond acceptors (Lipinski definition) is 5. The zero-order chi connectivity index (χ0) is 32.1. The Morgan fingerprint density at radius 2 is 1.05 bits per heavy atom. The van der Waals surface area contributed by atoms with Gasteiger partial charge in [-0.15, -0.1) is 0 Å². The second-order valence-electron chi connectivity index (χ2n) is 14.1. The van der Waals surface area contributed by atoms with Crippen LogP contribution in [-0.4, -0.2) is 71.4 Å². The maximum atomic E-state index is 6.82. The highest BCUT2D eigenvalue weighted by Crippen LogP contribution is 2.47. The van der Waals surface area contributed by atoms with E-state index < -0.39 is 7.92 Å². The third kappa shape index (κ3) is 8.97. The van der Waals surface area contributed by atoms with Gasteiger partial charge in [0.15, 0.2) is 0 Å². The van der Waals surface area contributed by atoms with E-state index in [2.05, 4.69) is 136 Å². The first-order chi connectivity index (χ1) is 20.0. The minimum atomic E-state index is -1.14. The van der Waals surface area contributed by atoms with E-state index in [9.17, 15) is 0 Å². The minimum absolute atomic E-state index is 0.107. The van der Waals surface area contributed by atoms with Crippen molar-refractivity contribution in [3.63, 3.8) is 0 Å². The quantitative estimate of drug-likeness (QED) is 0.219. The summed E-state index contributed by atoms with van der Waals surface area (Å²) in [5.41, 5.74) is 4.68. The van der Waals surface area contributed by atoms with E-state index in [0.717, 1.165) is 35.6 Å². The molecule has 3 aromatic rings. The molecule has 0 spiro atoms. The summed E-state index contributed by atoms with van der Waals surface area (Å²) >= 11 is 0. The molecular formula is C37H55N2O3P. The van der Waals surface area contributed by atoms with Crippen molar-refractivity contribution in [1.82, 2.24) is 9.80 Å². The molecule has 0 aliphatic rings. The molecule has 236 valence electrons. The van der Waals surface area contributed by atoms with Gasteiger partial charge >= 0.3 is 0 Å². The molecule has 43 heavy (non-hydrogen) atoms. The van der Waals surface area contributed by atoms with Crippen LogP contribution >= 0.6 is 7.92 Å². The van der Waals surface area contributed by atoms with Crippen molar-refractivity contribution in [3.05, 3.63) is 70.8 Å². The van der Waals surface area contributed by atoms with Crippen LogP contribution in [0.15, 0.2) is 48.5 Å². The standard InChI is InChI=1S/C37H55N2O3P/c1-26-22-28(36(3,4)5)34(41-20-18-38(9)10)32(24-26)43(31-17-15-14-16-30(31)40-13)33-25-27(2)23-29(37(6,7)8)35(33)42-21-19-39(11)12/h14-17,22-25H,18-21H2,1-13H3. The largest absolute Gasteiger partial charge is 0.496 e. The first-order valence-corrected chi connectivity index (χ1v) is 16.7. The molecule has 0 bridgehead atoms. The first-order valence-electron chi connectivity index (χ1n) is 15.3. The second-order valence-corrected chi connectivity index (χ2v) is 16.2. The first kappa shape index (κ1) is 34.9. The summed E-state index contributed by atoms with van der Waals surface area (Å²) in [5, 5.41) is 3.56. The normalized spacial score (nSPS) is 12.4. The molecule has 5 nitrogen and oxygen atoms in total. The van der Waals surface area contributed by atoms with Gasteiger partial charge in [0.2, 0.25) is 0 Å². The lowest BCUT2D eigenvalue weighted by molar-refractivity contribution is 0.258. The van der Waals surface area contributed by atoms with Crippen LogP contribution in [-0.2, 0) is 10.8 Å². The monoisotopic (exact) mass is 606 g/mol. The van der Waals surface area contributed by atoms with Crippen molar-refractivity contribution in [2.75, 3.05) is 61.6 Å². The fraction of sp³-hybridized carbons (Fsp3) is 0.514. The molecule has 0 saturated heterocycles. The molecular weight excluding hydrogens is 551 g/mol. The van der Waals surface area contributed by atoms with E-state index in [4.69, 9.17) is 14.2 Å². The zero-order valence-electron chi connectivity index (χ0n) is 29.0. The summed E-state index contributed by atoms with van der Waals surface area (Å²) in [4.78, 5) is 4.33. The number of ether oxygens (including phenoxy) is 3. The molecule has 0 fully saturated rings. The number of nitrogens with zero attached hydrogens (tertiary/aromatic N) is 2. The van der Waals surface area contributed by atoms with Crippen LogP contribution in [0.1, 0.15) is 63.8 Å². The summed E-state index contributed by atoms with van der Waals surface area (Å²) in [6.07, 6.45) is 0. The van der Waals surface area contributed by atoms with Gasteiger partial charge in [-0.3, -0.25) is 0 Å². The Balaban J connectivity index is 2.49. The molecule has 3 aromatic carbocycles. The molecule has 0 aromatic heterocycles. The zero-order valence-corrected chi connectivity index (χ0v) is 29.9. The lowest BCUT2D eigenvalue weighted by Crippen LogP contribution is -2.31. The van der Waals surface area contributed by atoms with E-state index in [1.165, 1.54) is 32.9 Å². The van der Waals surface area contributed by atoms with Crippen molar-refractivity contribution in [3.8, 4) is 17.2 Å². The summed E-state index contributed by atoms with van der Waals surface area (Å²) in [7, 11) is 8.98. The maximum absolute atomic E-state index is 6.82. The Morgan fingerprint density at radius 1 is 0.628 bits per heavy atom. The molecule has 0 atom stereocenters. The van der Waals surface area contributed by atoms with E-state index in [0.29, 0.717) is 13.2 Å². The third-order valence-electron chi connectivity index (χ3n) is 7.42. The van der Waals surface area contributed by atoms with Gasteiger partial charge in [0.1, 0.15) is 30.5 Å². The Bertz CT molecular complexity index is 1290. The number of hydrogen-bond donors (Lipinski definition) is 0. The van der Waals surface area contributed by atoms with Gasteiger partial charge in [-0.2, -0.15) is 0 Å². The molecule has 0 N–H and O–H groups in total. The van der Waals surface area contributed by atoms with Gasteiger partial charge in [0, 0.05) is 40.1 Å². The summed E-state index contributed by atoms with van der Waals surface area (Å²) < 4.78 is 19.7. The fourth-order valence-electron chi connectivity index (χ4n) is 5.12. The number of aryl methyl sites for hydroxylation is 2. The Morgan fingerprint density at radius 3 is 1.42 bits per heavy atom. The van der Waals surface area contributed by atoms with Crippen LogP contribution in [0, 0.1) is 13.8 Å². The molecule has 0 amide bonds. The van der Waals surface area contributed by atoms with Crippen LogP contribution in [0.3, 0.4) is 0 Å². The van der Waals surface area contributed by atoms with Crippen molar-refractivity contribution in [1.29, 1.82) is 0 Å². The molecule has 0 radical (unpaired) electrons. The van der Waals surface area contributed by atoms with Gasteiger partial charge in [-0.1, -0.05) is 71.9 Å². The highest BCUT2D eigenvalue weighted by atomic mass is 31.1. The topological polar surface area (TPSA) is 34.2 Å². The van der Waals surface area contributed by atoms with Crippen LogP contribution in [0.4, 0.5) is 0 Å². The highest BCUT2D eigenvalue weighted by Gasteiger charge is 2.33. The van der Waals surface area contributed by atoms with Crippen LogP contribution in [0.25, 0.3) is 0 Å². The Kier molecular flexibility index (Phi) is 11.7. The number of methoxy groups -OCH3 is 1. The Hall–Kier alpha value is -2.59. The molecule has 3 rings (SSSR count). The average molecular weight is 607 g/mol. The number of para-hydroxylation sites is 1. The predicted octanol–water partition coefficient (Wildman–Crippen LogP) is 6.55. The number of rotatable bonds is 12. The molecule has 0 heterocycles. The van der Waals surface area contributed by atoms with Crippen molar-refractivity contribution in [2.45, 2.75) is 66.2 Å². The van der Waals surface area contributed by atoms with Crippen LogP contribution in [0.5, 0.6) is 17.2 Å². The van der Waals surface area contributed by atoms with E-state index >= 15 is 0 Å². The number of likely N-dealkylation sites (N-methyl/N-ethyl adjacent to an activating group) is 2. The summed E-state index contributed by atoms with van der Waals surface area (Å²) in [6, 6.07) is 17.7. The van der Waals surface area contributed by atoms with Crippen LogP contribution in [0.2, 0.25) is 0 Å². The SMILES string of the molecule is COc1ccccc1P(c1cc(C)cc(C(C)(C)C)c1OCCN(C)C)c1cc(C)cc(C(C)(C)C)c1OCCN(C)C. The van der Waals surface area contributed by atoms with Gasteiger partial charge in [-0.25, -0.2) is 0 Å². The molecule has 0 unspecified atom stereocenters. The lowest BCUT2D eigenvalue weighted by atomic mass is 9.85. The fourth-order valence-corrected chi connectivity index (χ4v) is 7.96.